The van der Waals surface area contributed by atoms with Gasteiger partial charge in [-0.05, 0) is 36.4 Å². The lowest BCUT2D eigenvalue weighted by molar-refractivity contribution is -0.137. The molecule has 2 amide bonds. The molecule has 0 bridgehead atoms. The van der Waals surface area contributed by atoms with Crippen molar-refractivity contribution in [3.05, 3.63) is 59.7 Å². The molecule has 0 aliphatic rings. The number of alkyl halides is 3. The van der Waals surface area contributed by atoms with Gasteiger partial charge in [0.05, 0.1) is 5.56 Å². The van der Waals surface area contributed by atoms with Gasteiger partial charge in [-0.2, -0.15) is 13.2 Å². The number of halogens is 5. The first-order valence-corrected chi connectivity index (χ1v) is 6.88. The van der Waals surface area contributed by atoms with Gasteiger partial charge in [0.2, 0.25) is 11.8 Å². The summed E-state index contributed by atoms with van der Waals surface area (Å²) in [6.07, 6.45) is -5.28. The maximum Gasteiger partial charge on any atom is 0.416 e. The third-order valence-electron chi connectivity index (χ3n) is 3.04. The molecule has 2 aromatic carbocycles. The second kappa shape index (κ2) is 7.29. The van der Waals surface area contributed by atoms with Crippen LogP contribution in [0, 0.1) is 11.6 Å². The first-order valence-electron chi connectivity index (χ1n) is 6.88. The van der Waals surface area contributed by atoms with Crippen molar-refractivity contribution in [3.63, 3.8) is 0 Å². The molecule has 0 aliphatic carbocycles. The highest BCUT2D eigenvalue weighted by molar-refractivity contribution is 6.08. The minimum atomic E-state index is -4.51. The van der Waals surface area contributed by atoms with Crippen LogP contribution < -0.4 is 10.6 Å². The number of hydrogen-bond donors (Lipinski definition) is 2. The standard InChI is InChI=1S/C16H11F5N2O2/c17-11-2-1-3-12(18)15(11)23-14(25)8-13(24)22-10-6-4-9(5-7-10)16(19,20)21/h1-7H,8H2,(H,22,24)(H,23,25). The van der Waals surface area contributed by atoms with Crippen LogP contribution in [0.25, 0.3) is 0 Å². The SMILES string of the molecule is O=C(CC(=O)Nc1c(F)cccc1F)Nc1ccc(C(F)(F)F)cc1. The zero-order valence-electron chi connectivity index (χ0n) is 12.5. The maximum atomic E-state index is 13.4. The summed E-state index contributed by atoms with van der Waals surface area (Å²) in [7, 11) is 0. The van der Waals surface area contributed by atoms with Gasteiger partial charge in [-0.15, -0.1) is 0 Å². The number of carbonyl (C=O) groups is 2. The monoisotopic (exact) mass is 358 g/mol. The van der Waals surface area contributed by atoms with E-state index in [9.17, 15) is 31.5 Å². The van der Waals surface area contributed by atoms with Crippen LogP contribution in [0.4, 0.5) is 33.3 Å². The molecule has 0 aliphatic heterocycles. The van der Waals surface area contributed by atoms with Crippen molar-refractivity contribution >= 4 is 23.2 Å². The van der Waals surface area contributed by atoms with E-state index in [1.54, 1.807) is 0 Å². The molecule has 0 fully saturated rings. The fourth-order valence-electron chi connectivity index (χ4n) is 1.89. The number of rotatable bonds is 4. The largest absolute Gasteiger partial charge is 0.416 e. The zero-order chi connectivity index (χ0) is 18.6. The average molecular weight is 358 g/mol. The third kappa shape index (κ3) is 5.00. The summed E-state index contributed by atoms with van der Waals surface area (Å²) in [5.74, 6) is -3.84. The number of hydrogen-bond acceptors (Lipinski definition) is 2. The highest BCUT2D eigenvalue weighted by Gasteiger charge is 2.30. The Morgan fingerprint density at radius 3 is 1.88 bits per heavy atom. The molecule has 0 spiro atoms. The molecule has 4 nitrogen and oxygen atoms in total. The van der Waals surface area contributed by atoms with Crippen LogP contribution in [0.1, 0.15) is 12.0 Å². The fraction of sp³-hybridized carbons (Fsp3) is 0.125. The number of benzene rings is 2. The Kier molecular flexibility index (Phi) is 5.35. The summed E-state index contributed by atoms with van der Waals surface area (Å²) in [4.78, 5) is 23.3. The van der Waals surface area contributed by atoms with Crippen LogP contribution >= 0.6 is 0 Å². The predicted octanol–water partition coefficient (Wildman–Crippen LogP) is 3.95. The Morgan fingerprint density at radius 2 is 1.36 bits per heavy atom. The van der Waals surface area contributed by atoms with E-state index in [1.807, 2.05) is 5.32 Å². The highest BCUT2D eigenvalue weighted by Crippen LogP contribution is 2.29. The van der Waals surface area contributed by atoms with E-state index in [2.05, 4.69) is 5.32 Å². The lowest BCUT2D eigenvalue weighted by Gasteiger charge is -2.09. The molecule has 0 saturated carbocycles. The Bertz CT molecular complexity index is 768. The summed E-state index contributed by atoms with van der Waals surface area (Å²) in [5.41, 5.74) is -1.53. The molecule has 0 heterocycles. The molecule has 25 heavy (non-hydrogen) atoms. The highest BCUT2D eigenvalue weighted by atomic mass is 19.4. The molecule has 2 aromatic rings. The Labute approximate surface area is 138 Å². The lowest BCUT2D eigenvalue weighted by atomic mass is 10.2. The van der Waals surface area contributed by atoms with E-state index in [-0.39, 0.29) is 5.69 Å². The molecule has 2 N–H and O–H groups in total. The Balaban J connectivity index is 1.95. The number of anilines is 2. The minimum Gasteiger partial charge on any atom is -0.326 e. The van der Waals surface area contributed by atoms with Crippen LogP contribution in [0.5, 0.6) is 0 Å². The topological polar surface area (TPSA) is 58.2 Å². The quantitative estimate of drug-likeness (QED) is 0.642. The van der Waals surface area contributed by atoms with Gasteiger partial charge in [0.25, 0.3) is 0 Å². The Morgan fingerprint density at radius 1 is 0.840 bits per heavy atom. The summed E-state index contributed by atoms with van der Waals surface area (Å²) in [6.45, 7) is 0. The van der Waals surface area contributed by atoms with Crippen molar-refractivity contribution in [2.24, 2.45) is 0 Å². The number of carbonyl (C=O) groups excluding carboxylic acids is 2. The van der Waals surface area contributed by atoms with Crippen LogP contribution in [-0.2, 0) is 15.8 Å². The molecule has 0 atom stereocenters. The van der Waals surface area contributed by atoms with Gasteiger partial charge in [-0.1, -0.05) is 6.07 Å². The first kappa shape index (κ1) is 18.4. The smallest absolute Gasteiger partial charge is 0.326 e. The molecule has 0 saturated heterocycles. The predicted molar refractivity (Wildman–Crippen MR) is 79.7 cm³/mol. The van der Waals surface area contributed by atoms with Crippen molar-refractivity contribution in [1.82, 2.24) is 0 Å². The molecule has 9 heteroatoms. The van der Waals surface area contributed by atoms with Gasteiger partial charge in [-0.25, -0.2) is 8.78 Å². The lowest BCUT2D eigenvalue weighted by Crippen LogP contribution is -2.22. The van der Waals surface area contributed by atoms with Gasteiger partial charge in [0, 0.05) is 5.69 Å². The van der Waals surface area contributed by atoms with Crippen molar-refractivity contribution < 1.29 is 31.5 Å². The van der Waals surface area contributed by atoms with Crippen LogP contribution in [0.3, 0.4) is 0 Å². The molecule has 0 aromatic heterocycles. The summed E-state index contributed by atoms with van der Waals surface area (Å²) in [5, 5.41) is 4.14. The third-order valence-corrected chi connectivity index (χ3v) is 3.04. The fourth-order valence-corrected chi connectivity index (χ4v) is 1.89. The van der Waals surface area contributed by atoms with Gasteiger partial charge in [0.1, 0.15) is 23.7 Å². The van der Waals surface area contributed by atoms with Crippen LogP contribution in [0.15, 0.2) is 42.5 Å². The van der Waals surface area contributed by atoms with Crippen LogP contribution in [-0.4, -0.2) is 11.8 Å². The van der Waals surface area contributed by atoms with Gasteiger partial charge >= 0.3 is 6.18 Å². The van der Waals surface area contributed by atoms with Crippen LogP contribution in [0.2, 0.25) is 0 Å². The van der Waals surface area contributed by atoms with E-state index < -0.39 is 47.3 Å². The van der Waals surface area contributed by atoms with Gasteiger partial charge < -0.3 is 10.6 Å². The van der Waals surface area contributed by atoms with E-state index in [1.165, 1.54) is 0 Å². The number of nitrogens with one attached hydrogen (secondary N) is 2. The van der Waals surface area contributed by atoms with Crippen molar-refractivity contribution in [1.29, 1.82) is 0 Å². The molecule has 0 unspecified atom stereocenters. The maximum absolute atomic E-state index is 13.4. The summed E-state index contributed by atoms with van der Waals surface area (Å²) >= 11 is 0. The van der Waals surface area contributed by atoms with Gasteiger partial charge in [-0.3, -0.25) is 9.59 Å². The normalized spacial score (nSPS) is 11.1. The van der Waals surface area contributed by atoms with E-state index in [4.69, 9.17) is 0 Å². The number of para-hydroxylation sites is 1. The molecule has 132 valence electrons. The Hall–Kier alpha value is -2.97. The second-order valence-electron chi connectivity index (χ2n) is 4.94. The first-order chi connectivity index (χ1) is 11.7. The summed E-state index contributed by atoms with van der Waals surface area (Å²) < 4.78 is 64.0. The molecular formula is C16H11F5N2O2. The molecular weight excluding hydrogens is 347 g/mol. The zero-order valence-corrected chi connectivity index (χ0v) is 12.5. The van der Waals surface area contributed by atoms with Crippen molar-refractivity contribution in [2.75, 3.05) is 10.6 Å². The number of amides is 2. The molecule has 0 radical (unpaired) electrons. The van der Waals surface area contributed by atoms with E-state index in [0.717, 1.165) is 42.5 Å². The minimum absolute atomic E-state index is 0.0443. The second-order valence-corrected chi connectivity index (χ2v) is 4.94. The summed E-state index contributed by atoms with van der Waals surface area (Å²) in [6, 6.07) is 6.55. The van der Waals surface area contributed by atoms with Crippen molar-refractivity contribution in [3.8, 4) is 0 Å². The molecule has 2 rings (SSSR count). The average Bonchev–Trinajstić information content (AvgIpc) is 2.50. The van der Waals surface area contributed by atoms with Crippen molar-refractivity contribution in [2.45, 2.75) is 12.6 Å². The van der Waals surface area contributed by atoms with Gasteiger partial charge in [0.15, 0.2) is 0 Å². The van der Waals surface area contributed by atoms with E-state index in [0.29, 0.717) is 0 Å². The van der Waals surface area contributed by atoms with E-state index >= 15 is 0 Å².